The number of phosphoric ester groups is 1. The van der Waals surface area contributed by atoms with Crippen molar-refractivity contribution in [1.29, 1.82) is 0 Å². The van der Waals surface area contributed by atoms with Crippen molar-refractivity contribution in [2.75, 3.05) is 26.4 Å². The first-order chi connectivity index (χ1) is 22.5. The zero-order valence-electron chi connectivity index (χ0n) is 30.3. The molecule has 4 atom stereocenters. The predicted octanol–water partition coefficient (Wildman–Crippen LogP) is 8.82. The van der Waals surface area contributed by atoms with Gasteiger partial charge >= 0.3 is 19.8 Å². The maximum atomic E-state index is 12.5. The van der Waals surface area contributed by atoms with Crippen molar-refractivity contribution in [1.82, 2.24) is 0 Å². The summed E-state index contributed by atoms with van der Waals surface area (Å²) in [5, 5.41) is 18.2. The van der Waals surface area contributed by atoms with Crippen molar-refractivity contribution >= 4 is 19.8 Å². The third kappa shape index (κ3) is 32.0. The lowest BCUT2D eigenvalue weighted by Gasteiger charge is -2.20. The van der Waals surface area contributed by atoms with Crippen LogP contribution >= 0.6 is 7.82 Å². The molecule has 47 heavy (non-hydrogen) atoms. The van der Waals surface area contributed by atoms with Crippen molar-refractivity contribution in [3.05, 3.63) is 0 Å². The van der Waals surface area contributed by atoms with Gasteiger partial charge in [-0.05, 0) is 24.7 Å². The van der Waals surface area contributed by atoms with Crippen molar-refractivity contribution in [3.63, 3.8) is 0 Å². The van der Waals surface area contributed by atoms with Gasteiger partial charge in [0.2, 0.25) is 0 Å². The minimum absolute atomic E-state index is 0.188. The third-order valence-corrected chi connectivity index (χ3v) is 9.43. The quantitative estimate of drug-likeness (QED) is 0.0339. The first-order valence-electron chi connectivity index (χ1n) is 18.7. The second-order valence-corrected chi connectivity index (χ2v) is 15.1. The fourth-order valence-electron chi connectivity index (χ4n) is 5.15. The predicted molar refractivity (Wildman–Crippen MR) is 187 cm³/mol. The number of hydrogen-bond acceptors (Lipinski definition) is 9. The Bertz CT molecular complexity index is 794. The second kappa shape index (κ2) is 31.0. The van der Waals surface area contributed by atoms with Gasteiger partial charge in [0, 0.05) is 12.8 Å². The molecule has 0 bridgehead atoms. The summed E-state index contributed by atoms with van der Waals surface area (Å²) < 4.78 is 32.5. The molecule has 0 aromatic rings. The van der Waals surface area contributed by atoms with Crippen molar-refractivity contribution in [2.24, 2.45) is 11.8 Å². The summed E-state index contributed by atoms with van der Waals surface area (Å²) in [6, 6.07) is 0. The number of phosphoric acid groups is 1. The van der Waals surface area contributed by atoms with Gasteiger partial charge in [-0.25, -0.2) is 4.57 Å². The fourth-order valence-corrected chi connectivity index (χ4v) is 5.94. The van der Waals surface area contributed by atoms with Gasteiger partial charge in [-0.2, -0.15) is 0 Å². The number of aliphatic hydroxyl groups is 2. The molecule has 0 fully saturated rings. The van der Waals surface area contributed by atoms with Crippen LogP contribution in [0.5, 0.6) is 0 Å². The van der Waals surface area contributed by atoms with Crippen LogP contribution in [0.25, 0.3) is 0 Å². The van der Waals surface area contributed by atoms with E-state index in [1.165, 1.54) is 77.0 Å². The van der Waals surface area contributed by atoms with E-state index in [0.29, 0.717) is 12.8 Å². The van der Waals surface area contributed by atoms with E-state index >= 15 is 0 Å². The summed E-state index contributed by atoms with van der Waals surface area (Å²) in [6.07, 6.45) is 20.9. The molecule has 2 unspecified atom stereocenters. The number of hydrogen-bond donors (Lipinski definition) is 3. The zero-order valence-corrected chi connectivity index (χ0v) is 31.2. The molecule has 0 saturated carbocycles. The molecule has 0 heterocycles. The van der Waals surface area contributed by atoms with Gasteiger partial charge in [-0.3, -0.25) is 18.6 Å². The monoisotopic (exact) mass is 694 g/mol. The Hall–Kier alpha value is -1.03. The summed E-state index contributed by atoms with van der Waals surface area (Å²) in [5.74, 6) is 0.668. The number of unbranched alkanes of at least 4 members (excludes halogenated alkanes) is 15. The molecule has 0 aliphatic carbocycles. The molecule has 0 spiro atoms. The Kier molecular flexibility index (Phi) is 30.3. The Labute approximate surface area is 286 Å². The average molecular weight is 695 g/mol. The highest BCUT2D eigenvalue weighted by Crippen LogP contribution is 2.43. The van der Waals surface area contributed by atoms with E-state index in [1.807, 2.05) is 0 Å². The van der Waals surface area contributed by atoms with Gasteiger partial charge in [-0.15, -0.1) is 0 Å². The molecule has 0 radical (unpaired) electrons. The molecule has 3 N–H and O–H groups in total. The highest BCUT2D eigenvalue weighted by atomic mass is 31.2. The number of ether oxygens (including phenoxy) is 2. The lowest BCUT2D eigenvalue weighted by Crippen LogP contribution is -2.29. The highest BCUT2D eigenvalue weighted by Gasteiger charge is 2.27. The van der Waals surface area contributed by atoms with E-state index in [-0.39, 0.29) is 19.4 Å². The zero-order chi connectivity index (χ0) is 35.2. The number of aliphatic hydroxyl groups excluding tert-OH is 2. The van der Waals surface area contributed by atoms with Crippen LogP contribution in [-0.4, -0.2) is 65.7 Å². The first kappa shape index (κ1) is 46.0. The molecule has 0 aliphatic rings. The van der Waals surface area contributed by atoms with Crippen LogP contribution in [-0.2, 0) is 32.7 Å². The SMILES string of the molecule is CC[C@H](C)CCCCCCCCCCC(=O)OC[C@H](COP(=O)(O)OCC(O)CO)OC(=O)CCCCCCCCCCCC(C)C. The molecule has 0 rings (SSSR count). The van der Waals surface area contributed by atoms with E-state index in [2.05, 4.69) is 32.2 Å². The molecular formula is C36H71O10P. The number of carbonyl (C=O) groups excluding carboxylic acids is 2. The van der Waals surface area contributed by atoms with Crippen LogP contribution in [0.15, 0.2) is 0 Å². The maximum Gasteiger partial charge on any atom is 0.472 e. The summed E-state index contributed by atoms with van der Waals surface area (Å²) >= 11 is 0. The maximum absolute atomic E-state index is 12.5. The van der Waals surface area contributed by atoms with Crippen LogP contribution in [0.4, 0.5) is 0 Å². The van der Waals surface area contributed by atoms with Crippen LogP contribution in [0.1, 0.15) is 169 Å². The molecule has 0 aliphatic heterocycles. The first-order valence-corrected chi connectivity index (χ1v) is 20.2. The topological polar surface area (TPSA) is 149 Å². The Morgan fingerprint density at radius 2 is 1.09 bits per heavy atom. The molecule has 0 aromatic carbocycles. The minimum Gasteiger partial charge on any atom is -0.462 e. The fraction of sp³-hybridized carbons (Fsp3) is 0.944. The summed E-state index contributed by atoms with van der Waals surface area (Å²) in [7, 11) is -4.60. The van der Waals surface area contributed by atoms with Gasteiger partial charge in [0.05, 0.1) is 19.8 Å². The Morgan fingerprint density at radius 1 is 0.638 bits per heavy atom. The smallest absolute Gasteiger partial charge is 0.462 e. The Morgan fingerprint density at radius 3 is 1.57 bits per heavy atom. The molecule has 0 amide bonds. The van der Waals surface area contributed by atoms with Crippen molar-refractivity contribution in [2.45, 2.75) is 181 Å². The largest absolute Gasteiger partial charge is 0.472 e. The van der Waals surface area contributed by atoms with Crippen molar-refractivity contribution < 1.29 is 47.8 Å². The normalized spacial score (nSPS) is 14.9. The second-order valence-electron chi connectivity index (χ2n) is 13.7. The lowest BCUT2D eigenvalue weighted by molar-refractivity contribution is -0.161. The van der Waals surface area contributed by atoms with Gasteiger partial charge in [0.15, 0.2) is 6.10 Å². The van der Waals surface area contributed by atoms with Gasteiger partial charge in [-0.1, -0.05) is 143 Å². The molecule has 280 valence electrons. The molecule has 10 nitrogen and oxygen atoms in total. The molecular weight excluding hydrogens is 623 g/mol. The molecule has 0 aromatic heterocycles. The number of esters is 2. The van der Waals surface area contributed by atoms with E-state index in [4.69, 9.17) is 19.1 Å². The molecule has 0 saturated heterocycles. The van der Waals surface area contributed by atoms with E-state index in [9.17, 15) is 24.2 Å². The summed E-state index contributed by atoms with van der Waals surface area (Å²) in [5.41, 5.74) is 0. The van der Waals surface area contributed by atoms with Gasteiger partial charge in [0.1, 0.15) is 12.7 Å². The van der Waals surface area contributed by atoms with Crippen LogP contribution in [0, 0.1) is 11.8 Å². The summed E-state index contributed by atoms with van der Waals surface area (Å²) in [6.45, 7) is 6.98. The summed E-state index contributed by atoms with van der Waals surface area (Å²) in [4.78, 5) is 34.8. The van der Waals surface area contributed by atoms with E-state index < -0.39 is 51.8 Å². The third-order valence-electron chi connectivity index (χ3n) is 8.48. The number of carbonyl (C=O) groups is 2. The van der Waals surface area contributed by atoms with Crippen molar-refractivity contribution in [3.8, 4) is 0 Å². The molecule has 11 heteroatoms. The van der Waals surface area contributed by atoms with E-state index in [1.54, 1.807) is 0 Å². The average Bonchev–Trinajstić information content (AvgIpc) is 3.04. The minimum atomic E-state index is -4.60. The van der Waals surface area contributed by atoms with E-state index in [0.717, 1.165) is 50.4 Å². The Balaban J connectivity index is 4.39. The standard InChI is InChI=1S/C36H71O10P/c1-5-32(4)24-20-16-12-9-10-13-17-21-25-35(39)43-29-34(30-45-47(41,42)44-28-33(38)27-37)46-36(40)26-22-18-14-8-6-7-11-15-19-23-31(2)3/h31-34,37-38H,5-30H2,1-4H3,(H,41,42)/t32-,33?,34+/m0/s1. The number of rotatable bonds is 34. The lowest BCUT2D eigenvalue weighted by atomic mass is 9.99. The van der Waals surface area contributed by atoms with Gasteiger partial charge < -0.3 is 24.6 Å². The van der Waals surface area contributed by atoms with Crippen LogP contribution in [0.2, 0.25) is 0 Å². The highest BCUT2D eigenvalue weighted by molar-refractivity contribution is 7.47. The van der Waals surface area contributed by atoms with Crippen LogP contribution in [0.3, 0.4) is 0 Å². The van der Waals surface area contributed by atoms with Crippen LogP contribution < -0.4 is 0 Å². The van der Waals surface area contributed by atoms with Gasteiger partial charge in [0.25, 0.3) is 0 Å².